The van der Waals surface area contributed by atoms with Crippen LogP contribution >= 0.6 is 39.9 Å². The molecule has 1 aliphatic rings. The SMILES string of the molecule is O=C(CCN1C(=O)C(=Cc2cccc(Br)c2)SC1=S)Nc1ccc2ccccc2c1. The lowest BCUT2D eigenvalue weighted by atomic mass is 10.1. The third-order valence-corrected chi connectivity index (χ3v) is 6.49. The molecular formula is C23H17BrN2O2S2. The smallest absolute Gasteiger partial charge is 0.266 e. The largest absolute Gasteiger partial charge is 0.326 e. The van der Waals surface area contributed by atoms with Crippen molar-refractivity contribution in [2.45, 2.75) is 6.42 Å². The average molecular weight is 497 g/mol. The number of amides is 2. The molecule has 0 atom stereocenters. The molecule has 0 aliphatic carbocycles. The van der Waals surface area contributed by atoms with Crippen LogP contribution in [0, 0.1) is 0 Å². The van der Waals surface area contributed by atoms with Crippen molar-refractivity contribution >= 4 is 78.6 Å². The van der Waals surface area contributed by atoms with E-state index in [0.29, 0.717) is 9.23 Å². The molecule has 4 nitrogen and oxygen atoms in total. The molecule has 1 N–H and O–H groups in total. The Morgan fingerprint density at radius 1 is 1.07 bits per heavy atom. The van der Waals surface area contributed by atoms with Gasteiger partial charge in [-0.3, -0.25) is 14.5 Å². The number of carbonyl (C=O) groups excluding carboxylic acids is 2. The molecule has 30 heavy (non-hydrogen) atoms. The summed E-state index contributed by atoms with van der Waals surface area (Å²) in [5, 5.41) is 5.07. The lowest BCUT2D eigenvalue weighted by Gasteiger charge is -2.14. The van der Waals surface area contributed by atoms with Crippen molar-refractivity contribution in [1.82, 2.24) is 4.90 Å². The summed E-state index contributed by atoms with van der Waals surface area (Å²) in [4.78, 5) is 27.2. The van der Waals surface area contributed by atoms with Crippen molar-refractivity contribution in [2.24, 2.45) is 0 Å². The van der Waals surface area contributed by atoms with Crippen LogP contribution in [0.15, 0.2) is 76.1 Å². The first-order valence-electron chi connectivity index (χ1n) is 9.29. The van der Waals surface area contributed by atoms with Gasteiger partial charge in [-0.15, -0.1) is 0 Å². The molecular weight excluding hydrogens is 480 g/mol. The van der Waals surface area contributed by atoms with Crippen molar-refractivity contribution < 1.29 is 9.59 Å². The predicted octanol–water partition coefficient (Wildman–Crippen LogP) is 5.83. The first kappa shape index (κ1) is 20.8. The van der Waals surface area contributed by atoms with Crippen LogP contribution in [-0.4, -0.2) is 27.6 Å². The van der Waals surface area contributed by atoms with Gasteiger partial charge in [0, 0.05) is 23.1 Å². The Hall–Kier alpha value is -2.48. The number of benzene rings is 3. The first-order chi connectivity index (χ1) is 14.5. The highest BCUT2D eigenvalue weighted by atomic mass is 79.9. The fraction of sp³-hybridized carbons (Fsp3) is 0.0870. The third-order valence-electron chi connectivity index (χ3n) is 4.62. The van der Waals surface area contributed by atoms with Gasteiger partial charge in [0.25, 0.3) is 5.91 Å². The minimum absolute atomic E-state index is 0.157. The number of anilines is 1. The van der Waals surface area contributed by atoms with Gasteiger partial charge in [0.1, 0.15) is 4.32 Å². The monoisotopic (exact) mass is 496 g/mol. The van der Waals surface area contributed by atoms with E-state index in [2.05, 4.69) is 21.2 Å². The zero-order valence-corrected chi connectivity index (χ0v) is 19.0. The molecule has 0 aromatic heterocycles. The molecule has 2 amide bonds. The number of nitrogens with one attached hydrogen (secondary N) is 1. The van der Waals surface area contributed by atoms with E-state index in [-0.39, 0.29) is 24.8 Å². The van der Waals surface area contributed by atoms with Crippen LogP contribution in [0.25, 0.3) is 16.8 Å². The van der Waals surface area contributed by atoms with Gasteiger partial charge in [0.15, 0.2) is 0 Å². The number of hydrogen-bond donors (Lipinski definition) is 1. The maximum atomic E-state index is 12.7. The van der Waals surface area contributed by atoms with Crippen molar-refractivity contribution in [2.75, 3.05) is 11.9 Å². The van der Waals surface area contributed by atoms with Crippen LogP contribution in [0.2, 0.25) is 0 Å². The fourth-order valence-corrected chi connectivity index (χ4v) is 4.87. The molecule has 1 fully saturated rings. The van der Waals surface area contributed by atoms with Crippen LogP contribution in [0.5, 0.6) is 0 Å². The number of carbonyl (C=O) groups is 2. The third kappa shape index (κ3) is 4.80. The van der Waals surface area contributed by atoms with Crippen molar-refractivity contribution in [1.29, 1.82) is 0 Å². The molecule has 0 unspecified atom stereocenters. The van der Waals surface area contributed by atoms with Crippen LogP contribution in [0.3, 0.4) is 0 Å². The van der Waals surface area contributed by atoms with E-state index < -0.39 is 0 Å². The molecule has 0 spiro atoms. The molecule has 1 aliphatic heterocycles. The van der Waals surface area contributed by atoms with Gasteiger partial charge in [-0.05, 0) is 46.7 Å². The lowest BCUT2D eigenvalue weighted by molar-refractivity contribution is -0.122. The molecule has 0 saturated carbocycles. The summed E-state index contributed by atoms with van der Waals surface area (Å²) in [5.41, 5.74) is 1.65. The molecule has 0 radical (unpaired) electrons. The van der Waals surface area contributed by atoms with E-state index in [0.717, 1.165) is 26.5 Å². The van der Waals surface area contributed by atoms with E-state index >= 15 is 0 Å². The number of thioether (sulfide) groups is 1. The first-order valence-corrected chi connectivity index (χ1v) is 11.3. The Balaban J connectivity index is 1.38. The second-order valence-electron chi connectivity index (χ2n) is 6.75. The Kier molecular flexibility index (Phi) is 6.32. The number of rotatable bonds is 5. The minimum atomic E-state index is -0.163. The van der Waals surface area contributed by atoms with Crippen LogP contribution in [0.4, 0.5) is 5.69 Å². The minimum Gasteiger partial charge on any atom is -0.326 e. The summed E-state index contributed by atoms with van der Waals surface area (Å²) in [7, 11) is 0. The van der Waals surface area contributed by atoms with E-state index in [9.17, 15) is 9.59 Å². The summed E-state index contributed by atoms with van der Waals surface area (Å²) >= 11 is 10.0. The van der Waals surface area contributed by atoms with Gasteiger partial charge >= 0.3 is 0 Å². The Bertz CT molecular complexity index is 1190. The zero-order chi connectivity index (χ0) is 21.1. The number of nitrogens with zero attached hydrogens (tertiary/aromatic N) is 1. The highest BCUT2D eigenvalue weighted by Crippen LogP contribution is 2.33. The maximum Gasteiger partial charge on any atom is 0.266 e. The predicted molar refractivity (Wildman–Crippen MR) is 131 cm³/mol. The summed E-state index contributed by atoms with van der Waals surface area (Å²) < 4.78 is 1.41. The van der Waals surface area contributed by atoms with E-state index in [1.165, 1.54) is 16.7 Å². The molecule has 4 rings (SSSR count). The second-order valence-corrected chi connectivity index (χ2v) is 9.34. The summed E-state index contributed by atoms with van der Waals surface area (Å²) in [6, 6.07) is 21.5. The van der Waals surface area contributed by atoms with Gasteiger partial charge in [0.2, 0.25) is 5.91 Å². The van der Waals surface area contributed by atoms with E-state index in [4.69, 9.17) is 12.2 Å². The summed E-state index contributed by atoms with van der Waals surface area (Å²) in [5.74, 6) is -0.321. The molecule has 3 aromatic carbocycles. The number of hydrogen-bond acceptors (Lipinski definition) is 4. The Morgan fingerprint density at radius 3 is 2.67 bits per heavy atom. The molecule has 0 bridgehead atoms. The lowest BCUT2D eigenvalue weighted by Crippen LogP contribution is -2.31. The zero-order valence-electron chi connectivity index (χ0n) is 15.8. The number of halogens is 1. The molecule has 150 valence electrons. The molecule has 7 heteroatoms. The standard InChI is InChI=1S/C23H17BrN2O2S2/c24-18-7-3-4-15(12-18)13-20-22(28)26(23(29)30-20)11-10-21(27)25-19-9-8-16-5-1-2-6-17(16)14-19/h1-9,12-14H,10-11H2,(H,25,27). The van der Waals surface area contributed by atoms with Crippen LogP contribution < -0.4 is 5.32 Å². The Labute approximate surface area is 192 Å². The average Bonchev–Trinajstić information content (AvgIpc) is 2.99. The molecule has 1 saturated heterocycles. The van der Waals surface area contributed by atoms with Gasteiger partial charge in [-0.2, -0.15) is 0 Å². The highest BCUT2D eigenvalue weighted by Gasteiger charge is 2.32. The van der Waals surface area contributed by atoms with Gasteiger partial charge < -0.3 is 5.32 Å². The summed E-state index contributed by atoms with van der Waals surface area (Å²) in [6.07, 6.45) is 1.99. The second kappa shape index (κ2) is 9.12. The number of fused-ring (bicyclic) bond motifs is 1. The van der Waals surface area contributed by atoms with Crippen LogP contribution in [0.1, 0.15) is 12.0 Å². The van der Waals surface area contributed by atoms with Crippen molar-refractivity contribution in [3.05, 3.63) is 81.7 Å². The van der Waals surface area contributed by atoms with E-state index in [1.54, 1.807) is 0 Å². The number of thiocarbonyl (C=S) groups is 1. The topological polar surface area (TPSA) is 49.4 Å². The molecule has 1 heterocycles. The van der Waals surface area contributed by atoms with Gasteiger partial charge in [-0.1, -0.05) is 82.4 Å². The van der Waals surface area contributed by atoms with Gasteiger partial charge in [-0.25, -0.2) is 0 Å². The van der Waals surface area contributed by atoms with Gasteiger partial charge in [0.05, 0.1) is 4.91 Å². The summed E-state index contributed by atoms with van der Waals surface area (Å²) in [6.45, 7) is 0.250. The molecule has 3 aromatic rings. The highest BCUT2D eigenvalue weighted by molar-refractivity contribution is 9.10. The fourth-order valence-electron chi connectivity index (χ4n) is 3.14. The van der Waals surface area contributed by atoms with Crippen molar-refractivity contribution in [3.63, 3.8) is 0 Å². The Morgan fingerprint density at radius 2 is 1.87 bits per heavy atom. The maximum absolute atomic E-state index is 12.7. The van der Waals surface area contributed by atoms with E-state index in [1.807, 2.05) is 72.8 Å². The van der Waals surface area contributed by atoms with Crippen LogP contribution in [-0.2, 0) is 9.59 Å². The van der Waals surface area contributed by atoms with Crippen molar-refractivity contribution in [3.8, 4) is 0 Å². The quantitative estimate of drug-likeness (QED) is 0.356. The normalized spacial score (nSPS) is 15.2.